The molecule has 0 spiro atoms. The molecular formula is C8H15NO2S. The zero-order valence-corrected chi connectivity index (χ0v) is 8.53. The molecular weight excluding hydrogens is 174 g/mol. The Bertz CT molecular complexity index is 186. The molecule has 0 aromatic rings. The van der Waals surface area contributed by atoms with Gasteiger partial charge in [-0.15, -0.1) is 0 Å². The molecule has 70 valence electrons. The fraction of sp³-hybridized carbons (Fsp3) is 0.875. The van der Waals surface area contributed by atoms with Crippen molar-refractivity contribution in [3.63, 3.8) is 0 Å². The molecule has 1 saturated heterocycles. The highest BCUT2D eigenvalue weighted by atomic mass is 32.2. The summed E-state index contributed by atoms with van der Waals surface area (Å²) in [5, 5.41) is 3.38. The summed E-state index contributed by atoms with van der Waals surface area (Å²) >= 11 is 1.81. The second-order valence-electron chi connectivity index (χ2n) is 2.98. The first kappa shape index (κ1) is 9.86. The first-order valence-electron chi connectivity index (χ1n) is 4.06. The van der Waals surface area contributed by atoms with Gasteiger partial charge in [0.15, 0.2) is 0 Å². The number of rotatable bonds is 2. The van der Waals surface area contributed by atoms with Crippen molar-refractivity contribution in [2.45, 2.75) is 24.1 Å². The third-order valence-electron chi connectivity index (χ3n) is 2.55. The van der Waals surface area contributed by atoms with Gasteiger partial charge in [0.2, 0.25) is 0 Å². The molecule has 1 aliphatic heterocycles. The molecule has 4 heteroatoms. The predicted molar refractivity (Wildman–Crippen MR) is 50.3 cm³/mol. The van der Waals surface area contributed by atoms with Crippen molar-refractivity contribution in [1.82, 2.24) is 5.32 Å². The van der Waals surface area contributed by atoms with Gasteiger partial charge in [-0.3, -0.25) is 4.79 Å². The molecule has 0 aliphatic carbocycles. The molecule has 2 atom stereocenters. The minimum absolute atomic E-state index is 0.137. The van der Waals surface area contributed by atoms with E-state index in [4.69, 9.17) is 4.74 Å². The van der Waals surface area contributed by atoms with Crippen LogP contribution in [0, 0.1) is 0 Å². The summed E-state index contributed by atoms with van der Waals surface area (Å²) in [5.41, 5.74) is -0.445. The van der Waals surface area contributed by atoms with Crippen molar-refractivity contribution in [3.05, 3.63) is 0 Å². The molecule has 1 fully saturated rings. The highest BCUT2D eigenvalue weighted by Gasteiger charge is 2.47. The van der Waals surface area contributed by atoms with Crippen molar-refractivity contribution in [2.75, 3.05) is 19.9 Å². The molecule has 0 bridgehead atoms. The van der Waals surface area contributed by atoms with Gasteiger partial charge in [0.1, 0.15) is 5.54 Å². The largest absolute Gasteiger partial charge is 0.468 e. The number of hydrogen-bond acceptors (Lipinski definition) is 4. The summed E-state index contributed by atoms with van der Waals surface area (Å²) < 4.78 is 4.78. The molecule has 3 nitrogen and oxygen atoms in total. The van der Waals surface area contributed by atoms with Gasteiger partial charge in [0.25, 0.3) is 0 Å². The van der Waals surface area contributed by atoms with Gasteiger partial charge in [0.05, 0.1) is 7.11 Å². The SMILES string of the molecule is CNC1(C(=O)OC)CCSC1C. The van der Waals surface area contributed by atoms with Crippen molar-refractivity contribution in [2.24, 2.45) is 0 Å². The van der Waals surface area contributed by atoms with Crippen LogP contribution < -0.4 is 5.32 Å². The lowest BCUT2D eigenvalue weighted by Crippen LogP contribution is -2.55. The van der Waals surface area contributed by atoms with Crippen LogP contribution >= 0.6 is 11.8 Å². The topological polar surface area (TPSA) is 38.3 Å². The van der Waals surface area contributed by atoms with Crippen LogP contribution in [0.25, 0.3) is 0 Å². The Balaban J connectivity index is 2.81. The number of nitrogens with one attached hydrogen (secondary N) is 1. The number of hydrogen-bond donors (Lipinski definition) is 1. The number of ether oxygens (including phenoxy) is 1. The van der Waals surface area contributed by atoms with E-state index in [1.807, 2.05) is 18.8 Å². The quantitative estimate of drug-likeness (QED) is 0.647. The Morgan fingerprint density at radius 3 is 2.75 bits per heavy atom. The van der Waals surface area contributed by atoms with E-state index in [0.29, 0.717) is 5.25 Å². The van der Waals surface area contributed by atoms with E-state index in [1.165, 1.54) is 7.11 Å². The molecule has 2 unspecified atom stereocenters. The van der Waals surface area contributed by atoms with E-state index in [9.17, 15) is 4.79 Å². The lowest BCUT2D eigenvalue weighted by Gasteiger charge is -2.29. The van der Waals surface area contributed by atoms with E-state index in [2.05, 4.69) is 12.2 Å². The van der Waals surface area contributed by atoms with E-state index in [-0.39, 0.29) is 5.97 Å². The number of methoxy groups -OCH3 is 1. The number of esters is 1. The van der Waals surface area contributed by atoms with Gasteiger partial charge in [-0.25, -0.2) is 0 Å². The highest BCUT2D eigenvalue weighted by Crippen LogP contribution is 2.36. The van der Waals surface area contributed by atoms with Crippen molar-refractivity contribution >= 4 is 17.7 Å². The fourth-order valence-electron chi connectivity index (χ4n) is 1.62. The third kappa shape index (κ3) is 1.33. The molecule has 0 saturated carbocycles. The molecule has 1 rings (SSSR count). The summed E-state index contributed by atoms with van der Waals surface area (Å²) in [5.74, 6) is 0.888. The van der Waals surface area contributed by atoms with Gasteiger partial charge in [-0.1, -0.05) is 6.92 Å². The van der Waals surface area contributed by atoms with Crippen LogP contribution in [0.1, 0.15) is 13.3 Å². The van der Waals surface area contributed by atoms with Crippen LogP contribution in [0.3, 0.4) is 0 Å². The van der Waals surface area contributed by atoms with Crippen LogP contribution in [-0.2, 0) is 9.53 Å². The van der Waals surface area contributed by atoms with Crippen molar-refractivity contribution in [1.29, 1.82) is 0 Å². The number of likely N-dealkylation sites (N-methyl/N-ethyl adjacent to an activating group) is 1. The van der Waals surface area contributed by atoms with Crippen LogP contribution in [0.15, 0.2) is 0 Å². The standard InChI is InChI=1S/C8H15NO2S/c1-6-8(9-2,4-5-12-6)7(10)11-3/h6,9H,4-5H2,1-3H3. The molecule has 0 aromatic heterocycles. The summed E-state index contributed by atoms with van der Waals surface area (Å²) in [6.45, 7) is 2.06. The number of thioether (sulfide) groups is 1. The van der Waals surface area contributed by atoms with Crippen molar-refractivity contribution < 1.29 is 9.53 Å². The second-order valence-corrected chi connectivity index (χ2v) is 4.42. The Morgan fingerprint density at radius 1 is 1.75 bits per heavy atom. The maximum absolute atomic E-state index is 11.5. The second kappa shape index (κ2) is 3.66. The molecule has 0 radical (unpaired) electrons. The molecule has 0 amide bonds. The minimum atomic E-state index is -0.445. The average molecular weight is 189 g/mol. The average Bonchev–Trinajstić information content (AvgIpc) is 2.46. The first-order valence-corrected chi connectivity index (χ1v) is 5.11. The van der Waals surface area contributed by atoms with Gasteiger partial charge in [-0.05, 0) is 19.2 Å². The Kier molecular flexibility index (Phi) is 3.01. The maximum atomic E-state index is 11.5. The van der Waals surface area contributed by atoms with E-state index >= 15 is 0 Å². The van der Waals surface area contributed by atoms with Crippen molar-refractivity contribution in [3.8, 4) is 0 Å². The molecule has 1 aliphatic rings. The van der Waals surface area contributed by atoms with Crippen LogP contribution in [0.2, 0.25) is 0 Å². The normalized spacial score (nSPS) is 35.1. The van der Waals surface area contributed by atoms with Crippen LogP contribution in [0.5, 0.6) is 0 Å². The fourth-order valence-corrected chi connectivity index (χ4v) is 3.03. The zero-order chi connectivity index (χ0) is 9.19. The molecule has 0 aromatic carbocycles. The van der Waals surface area contributed by atoms with Gasteiger partial charge in [-0.2, -0.15) is 11.8 Å². The maximum Gasteiger partial charge on any atom is 0.327 e. The third-order valence-corrected chi connectivity index (χ3v) is 3.90. The van der Waals surface area contributed by atoms with Crippen LogP contribution in [0.4, 0.5) is 0 Å². The summed E-state index contributed by atoms with van der Waals surface area (Å²) in [6.07, 6.45) is 0.863. The Labute approximate surface area is 77.2 Å². The van der Waals surface area contributed by atoms with Gasteiger partial charge >= 0.3 is 5.97 Å². The lowest BCUT2D eigenvalue weighted by molar-refractivity contribution is -0.148. The summed E-state index contributed by atoms with van der Waals surface area (Å²) in [6, 6.07) is 0. The molecule has 1 heterocycles. The molecule has 1 N–H and O–H groups in total. The summed E-state index contributed by atoms with van der Waals surface area (Å²) in [7, 11) is 3.26. The van der Waals surface area contributed by atoms with E-state index in [0.717, 1.165) is 12.2 Å². The van der Waals surface area contributed by atoms with Crippen LogP contribution in [-0.4, -0.2) is 36.7 Å². The zero-order valence-electron chi connectivity index (χ0n) is 7.72. The Hall–Kier alpha value is -0.220. The van der Waals surface area contributed by atoms with E-state index < -0.39 is 5.54 Å². The van der Waals surface area contributed by atoms with Gasteiger partial charge in [0, 0.05) is 5.25 Å². The predicted octanol–water partition coefficient (Wildman–Crippen LogP) is 0.643. The van der Waals surface area contributed by atoms with E-state index in [1.54, 1.807) is 0 Å². The first-order chi connectivity index (χ1) is 5.67. The highest BCUT2D eigenvalue weighted by molar-refractivity contribution is 8.00. The minimum Gasteiger partial charge on any atom is -0.468 e. The smallest absolute Gasteiger partial charge is 0.327 e. The number of carbonyl (C=O) groups excluding carboxylic acids is 1. The van der Waals surface area contributed by atoms with Gasteiger partial charge < -0.3 is 10.1 Å². The monoisotopic (exact) mass is 189 g/mol. The summed E-state index contributed by atoms with van der Waals surface area (Å²) in [4.78, 5) is 11.5. The number of carbonyl (C=O) groups is 1. The Morgan fingerprint density at radius 2 is 2.42 bits per heavy atom. The molecule has 12 heavy (non-hydrogen) atoms. The lowest BCUT2D eigenvalue weighted by atomic mass is 9.93.